The van der Waals surface area contributed by atoms with Crippen molar-refractivity contribution in [2.75, 3.05) is 0 Å². The smallest absolute Gasteiger partial charge is 0.353 e. The van der Waals surface area contributed by atoms with Crippen LogP contribution in [0.15, 0.2) is 64.1 Å². The highest BCUT2D eigenvalue weighted by Gasteiger charge is 2.29. The van der Waals surface area contributed by atoms with Gasteiger partial charge in [0.2, 0.25) is 0 Å². The largest absolute Gasteiger partial charge is 0.477 e. The normalized spacial score (nSPS) is 11.4. The van der Waals surface area contributed by atoms with Crippen molar-refractivity contribution in [2.24, 2.45) is 0 Å². The Morgan fingerprint density at radius 1 is 1.15 bits per heavy atom. The summed E-state index contributed by atoms with van der Waals surface area (Å²) in [6, 6.07) is 8.37. The van der Waals surface area contributed by atoms with Crippen LogP contribution in [-0.2, 0) is 6.54 Å². The molecule has 0 aliphatic heterocycles. The Kier molecular flexibility index (Phi) is 4.74. The molecule has 3 N–H and O–H groups in total. The third kappa shape index (κ3) is 3.13. The van der Waals surface area contributed by atoms with Gasteiger partial charge in [0, 0.05) is 29.5 Å². The van der Waals surface area contributed by atoms with E-state index in [-0.39, 0.29) is 44.2 Å². The van der Waals surface area contributed by atoms with Gasteiger partial charge in [-0.25, -0.2) is 18.8 Å². The number of benzene rings is 2. The minimum absolute atomic E-state index is 0.0109. The van der Waals surface area contributed by atoms with Crippen LogP contribution in [0.4, 0.5) is 14.5 Å². The van der Waals surface area contributed by atoms with Gasteiger partial charge in [-0.05, 0) is 30.3 Å². The summed E-state index contributed by atoms with van der Waals surface area (Å²) >= 11 is 0. The van der Waals surface area contributed by atoms with Gasteiger partial charge in [-0.1, -0.05) is 0 Å². The monoisotopic (exact) mass is 466 g/mol. The van der Waals surface area contributed by atoms with E-state index in [1.54, 1.807) is 0 Å². The van der Waals surface area contributed by atoms with E-state index in [1.807, 2.05) is 0 Å². The maximum atomic E-state index is 14.9. The van der Waals surface area contributed by atoms with E-state index >= 15 is 0 Å². The Labute approximate surface area is 187 Å². The van der Waals surface area contributed by atoms with E-state index in [9.17, 15) is 33.6 Å². The number of pyridine rings is 1. The van der Waals surface area contributed by atoms with Gasteiger partial charge in [0.15, 0.2) is 0 Å². The van der Waals surface area contributed by atoms with Gasteiger partial charge in [0.25, 0.3) is 10.5 Å². The van der Waals surface area contributed by atoms with Crippen molar-refractivity contribution in [1.29, 1.82) is 0 Å². The Morgan fingerprint density at radius 2 is 1.94 bits per heavy atom. The zero-order valence-corrected chi connectivity index (χ0v) is 17.1. The first-order valence-electron chi connectivity index (χ1n) is 9.85. The van der Waals surface area contributed by atoms with Crippen LogP contribution in [0.3, 0.4) is 0 Å². The highest BCUT2D eigenvalue weighted by molar-refractivity contribution is 6.17. The van der Waals surface area contributed by atoms with Gasteiger partial charge in [-0.2, -0.15) is 0 Å². The Hall–Kier alpha value is -4.80. The van der Waals surface area contributed by atoms with Crippen molar-refractivity contribution in [3.8, 4) is 11.1 Å². The van der Waals surface area contributed by atoms with E-state index < -0.39 is 40.3 Å². The zero-order valence-electron chi connectivity index (χ0n) is 17.1. The van der Waals surface area contributed by atoms with Gasteiger partial charge in [0.1, 0.15) is 22.9 Å². The number of carboxylic acid groups (broad SMARTS) is 1. The van der Waals surface area contributed by atoms with Crippen LogP contribution in [0.2, 0.25) is 0 Å². The first-order valence-corrected chi connectivity index (χ1v) is 9.85. The molecular weight excluding hydrogens is 452 g/mol. The first-order chi connectivity index (χ1) is 16.3. The van der Waals surface area contributed by atoms with Crippen molar-refractivity contribution in [2.45, 2.75) is 6.54 Å². The summed E-state index contributed by atoms with van der Waals surface area (Å²) in [6.45, 7) is -0.456. The molecule has 0 bridgehead atoms. The average Bonchev–Trinajstić information content (AvgIpc) is 3.39. The van der Waals surface area contributed by atoms with Crippen molar-refractivity contribution >= 4 is 33.5 Å². The molecule has 170 valence electrons. The van der Waals surface area contributed by atoms with Gasteiger partial charge >= 0.3 is 11.7 Å². The molecule has 5 aromatic rings. The number of carboxylic acids is 1. The second-order valence-corrected chi connectivity index (χ2v) is 7.49. The molecule has 0 aliphatic carbocycles. The van der Waals surface area contributed by atoms with Gasteiger partial charge in [-0.3, -0.25) is 4.79 Å². The number of furan rings is 1. The van der Waals surface area contributed by atoms with Crippen molar-refractivity contribution in [3.05, 3.63) is 93.1 Å². The zero-order chi connectivity index (χ0) is 24.1. The molecule has 3 heterocycles. The number of carbonyl (C=O) groups is 1. The first kappa shape index (κ1) is 21.1. The summed E-state index contributed by atoms with van der Waals surface area (Å²) in [4.78, 5) is 38.4. The molecule has 34 heavy (non-hydrogen) atoms. The maximum absolute atomic E-state index is 14.9. The van der Waals surface area contributed by atoms with E-state index in [1.165, 1.54) is 30.7 Å². The van der Waals surface area contributed by atoms with Crippen LogP contribution >= 0.6 is 0 Å². The summed E-state index contributed by atoms with van der Waals surface area (Å²) in [5.41, 5.74) is -1.44. The van der Waals surface area contributed by atoms with Crippen molar-refractivity contribution in [1.82, 2.24) is 9.55 Å². The van der Waals surface area contributed by atoms with Crippen LogP contribution in [0.5, 0.6) is 0 Å². The summed E-state index contributed by atoms with van der Waals surface area (Å²) in [6.07, 6.45) is 2.61. The fraction of sp³-hybridized carbons (Fsp3) is 0.0435. The molecule has 2 aromatic carbocycles. The number of nitrogens with one attached hydrogen (secondary N) is 1. The minimum Gasteiger partial charge on any atom is -0.477 e. The Morgan fingerprint density at radius 3 is 2.65 bits per heavy atom. The quantitative estimate of drug-likeness (QED) is 0.326. The predicted molar refractivity (Wildman–Crippen MR) is 115 cm³/mol. The minimum atomic E-state index is -1.46. The molecule has 0 amide bonds. The highest BCUT2D eigenvalue weighted by Crippen LogP contribution is 2.40. The van der Waals surface area contributed by atoms with Crippen LogP contribution < -0.4 is 5.56 Å². The second-order valence-electron chi connectivity index (χ2n) is 7.49. The molecule has 0 unspecified atom stereocenters. The molecule has 0 spiro atoms. The number of nitrogens with zero attached hydrogens (tertiary/aromatic N) is 2. The summed E-state index contributed by atoms with van der Waals surface area (Å²) < 4.78 is 36.1. The average molecular weight is 466 g/mol. The third-order valence-electron chi connectivity index (χ3n) is 5.59. The second kappa shape index (κ2) is 7.66. The summed E-state index contributed by atoms with van der Waals surface area (Å²) in [5.74, 6) is -2.96. The lowest BCUT2D eigenvalue weighted by Crippen LogP contribution is -2.14. The molecule has 0 saturated carbocycles. The number of aromatic nitrogens is 2. The SMILES string of the molecule is O=C(O)c1c(-c2ccc[nH]c2=O)c2c3occc3c(F)cc2n1Cc1cc([N+](=O)O)ccc1F. The number of halogens is 2. The number of rotatable bonds is 5. The summed E-state index contributed by atoms with van der Waals surface area (Å²) in [7, 11) is 0. The third-order valence-corrected chi connectivity index (χ3v) is 5.59. The molecule has 0 fully saturated rings. The van der Waals surface area contributed by atoms with Crippen molar-refractivity contribution in [3.63, 3.8) is 0 Å². The van der Waals surface area contributed by atoms with E-state index in [4.69, 9.17) is 4.42 Å². The number of hydrogen-bond acceptors (Lipinski definition) is 4. The molecule has 0 saturated heterocycles. The highest BCUT2D eigenvalue weighted by atomic mass is 19.1. The van der Waals surface area contributed by atoms with Crippen LogP contribution in [0.1, 0.15) is 16.1 Å². The molecule has 5 rings (SSSR count). The lowest BCUT2D eigenvalue weighted by molar-refractivity contribution is -0.729. The molecule has 0 radical (unpaired) electrons. The van der Waals surface area contributed by atoms with Crippen LogP contribution in [0.25, 0.3) is 33.0 Å². The Balaban J connectivity index is 1.92. The Bertz CT molecular complexity index is 1700. The molecule has 9 nitrogen and oxygen atoms in total. The number of aromatic amines is 1. The lowest BCUT2D eigenvalue weighted by atomic mass is 10.0. The molecule has 3 aromatic heterocycles. The topological polar surface area (TPSA) is 129 Å². The number of aromatic carboxylic acids is 1. The van der Waals surface area contributed by atoms with Crippen LogP contribution in [0, 0.1) is 16.5 Å². The van der Waals surface area contributed by atoms with E-state index in [0.29, 0.717) is 0 Å². The van der Waals surface area contributed by atoms with E-state index in [0.717, 1.165) is 28.8 Å². The molecule has 0 aliphatic rings. The maximum Gasteiger partial charge on any atom is 0.353 e. The number of H-pyrrole nitrogens is 1. The number of fused-ring (bicyclic) bond motifs is 3. The van der Waals surface area contributed by atoms with Crippen LogP contribution in [-0.4, -0.2) is 30.8 Å². The fourth-order valence-corrected chi connectivity index (χ4v) is 4.14. The lowest BCUT2D eigenvalue weighted by Gasteiger charge is -2.10. The predicted octanol–water partition coefficient (Wildman–Crippen LogP) is 4.57. The summed E-state index contributed by atoms with van der Waals surface area (Å²) in [5, 5.41) is 19.5. The molecule has 0 atom stereocenters. The van der Waals surface area contributed by atoms with Gasteiger partial charge in [-0.15, -0.1) is 0 Å². The van der Waals surface area contributed by atoms with Gasteiger partial charge < -0.3 is 19.1 Å². The van der Waals surface area contributed by atoms with Crippen molar-refractivity contribution < 1.29 is 33.2 Å². The van der Waals surface area contributed by atoms with E-state index in [2.05, 4.69) is 4.98 Å². The standard InChI is InChI=1S/C23H13F2N3O6/c24-15-4-3-12(28(32)33)8-11(15)10-27-17-9-16(25)13-5-7-34-21(13)19(17)18(20(27)23(30)31)14-2-1-6-26-22(14)29/h1-9H,10H2,(H2-,26,29,30,31,32,33)/p+1. The molecular formula is C23H14F2N3O6+. The molecule has 11 heteroatoms. The fourth-order valence-electron chi connectivity index (χ4n) is 4.14. The number of hydrogen-bond donors (Lipinski definition) is 3. The van der Waals surface area contributed by atoms with Gasteiger partial charge in [0.05, 0.1) is 39.6 Å².